The van der Waals surface area contributed by atoms with E-state index in [1.807, 2.05) is 30.3 Å². The van der Waals surface area contributed by atoms with Crippen molar-refractivity contribution in [3.63, 3.8) is 0 Å². The van der Waals surface area contributed by atoms with Crippen molar-refractivity contribution < 1.29 is 4.79 Å². The van der Waals surface area contributed by atoms with E-state index < -0.39 is 0 Å². The first-order valence-electron chi connectivity index (χ1n) is 8.20. The summed E-state index contributed by atoms with van der Waals surface area (Å²) in [4.78, 5) is 23.2. The number of benzene rings is 1. The third-order valence-electron chi connectivity index (χ3n) is 4.15. The standard InChI is InChI=1S/C18H22N4O/c1-2-14-5-7-15(8-6-14)18(23)20-13-16-19-10-9-17(21-16)22-11-3-4-12-22/h5-10H,2-4,11-13H2,1H3,(H,20,23). The molecule has 2 heterocycles. The van der Waals surface area contributed by atoms with Gasteiger partial charge in [-0.25, -0.2) is 9.97 Å². The Kier molecular flexibility index (Phi) is 4.86. The molecule has 2 aromatic rings. The number of aryl methyl sites for hydroxylation is 1. The Hall–Kier alpha value is -2.43. The van der Waals surface area contributed by atoms with Crippen LogP contribution in [0.3, 0.4) is 0 Å². The van der Waals surface area contributed by atoms with Gasteiger partial charge in [0.25, 0.3) is 5.91 Å². The van der Waals surface area contributed by atoms with Gasteiger partial charge in [0.15, 0.2) is 0 Å². The number of hydrogen-bond acceptors (Lipinski definition) is 4. The maximum absolute atomic E-state index is 12.2. The molecule has 0 unspecified atom stereocenters. The summed E-state index contributed by atoms with van der Waals surface area (Å²) in [6, 6.07) is 9.62. The molecule has 5 nitrogen and oxygen atoms in total. The summed E-state index contributed by atoms with van der Waals surface area (Å²) < 4.78 is 0. The van der Waals surface area contributed by atoms with Crippen LogP contribution in [-0.2, 0) is 13.0 Å². The molecule has 1 aromatic heterocycles. The minimum atomic E-state index is -0.0946. The molecule has 1 aliphatic rings. The van der Waals surface area contributed by atoms with Crippen LogP contribution in [0.4, 0.5) is 5.82 Å². The van der Waals surface area contributed by atoms with Gasteiger partial charge in [-0.1, -0.05) is 19.1 Å². The lowest BCUT2D eigenvalue weighted by atomic mass is 10.1. The van der Waals surface area contributed by atoms with Crippen LogP contribution >= 0.6 is 0 Å². The lowest BCUT2D eigenvalue weighted by molar-refractivity contribution is 0.0950. The van der Waals surface area contributed by atoms with Gasteiger partial charge in [-0.15, -0.1) is 0 Å². The lowest BCUT2D eigenvalue weighted by Gasteiger charge is -2.16. The molecule has 0 bridgehead atoms. The second kappa shape index (κ2) is 7.22. The SMILES string of the molecule is CCc1ccc(C(=O)NCc2nccc(N3CCCC3)n2)cc1. The molecule has 3 rings (SSSR count). The molecular formula is C18H22N4O. The van der Waals surface area contributed by atoms with Gasteiger partial charge in [0.1, 0.15) is 11.6 Å². The number of nitrogens with zero attached hydrogens (tertiary/aromatic N) is 3. The topological polar surface area (TPSA) is 58.1 Å². The quantitative estimate of drug-likeness (QED) is 0.922. The van der Waals surface area contributed by atoms with Crippen LogP contribution in [0.1, 0.15) is 41.5 Å². The van der Waals surface area contributed by atoms with Crippen molar-refractivity contribution >= 4 is 11.7 Å². The molecule has 1 amide bonds. The zero-order valence-corrected chi connectivity index (χ0v) is 13.5. The fraction of sp³-hybridized carbons (Fsp3) is 0.389. The summed E-state index contributed by atoms with van der Waals surface area (Å²) in [5.41, 5.74) is 1.89. The zero-order chi connectivity index (χ0) is 16.1. The molecule has 0 spiro atoms. The van der Waals surface area contributed by atoms with Crippen molar-refractivity contribution in [2.45, 2.75) is 32.7 Å². The normalized spacial score (nSPS) is 14.0. The largest absolute Gasteiger partial charge is 0.357 e. The fourth-order valence-corrected chi connectivity index (χ4v) is 2.75. The van der Waals surface area contributed by atoms with Crippen molar-refractivity contribution in [2.75, 3.05) is 18.0 Å². The summed E-state index contributed by atoms with van der Waals surface area (Å²) in [6.45, 7) is 4.54. The smallest absolute Gasteiger partial charge is 0.251 e. The molecule has 23 heavy (non-hydrogen) atoms. The van der Waals surface area contributed by atoms with Crippen molar-refractivity contribution in [3.05, 3.63) is 53.5 Å². The monoisotopic (exact) mass is 310 g/mol. The number of aromatic nitrogens is 2. The zero-order valence-electron chi connectivity index (χ0n) is 13.5. The number of rotatable bonds is 5. The summed E-state index contributed by atoms with van der Waals surface area (Å²) in [5, 5.41) is 2.89. The number of carbonyl (C=O) groups is 1. The minimum absolute atomic E-state index is 0.0946. The van der Waals surface area contributed by atoms with Gasteiger partial charge < -0.3 is 10.2 Å². The molecule has 0 radical (unpaired) electrons. The highest BCUT2D eigenvalue weighted by molar-refractivity contribution is 5.94. The van der Waals surface area contributed by atoms with Gasteiger partial charge in [-0.2, -0.15) is 0 Å². The van der Waals surface area contributed by atoms with Crippen LogP contribution in [0.15, 0.2) is 36.5 Å². The highest BCUT2D eigenvalue weighted by Crippen LogP contribution is 2.16. The molecule has 1 saturated heterocycles. The van der Waals surface area contributed by atoms with E-state index in [2.05, 4.69) is 27.1 Å². The predicted molar refractivity (Wildman–Crippen MR) is 90.5 cm³/mol. The van der Waals surface area contributed by atoms with Crippen LogP contribution < -0.4 is 10.2 Å². The predicted octanol–water partition coefficient (Wildman–Crippen LogP) is 2.57. The van der Waals surface area contributed by atoms with Gasteiger partial charge in [-0.05, 0) is 43.0 Å². The Morgan fingerprint density at radius 1 is 1.17 bits per heavy atom. The van der Waals surface area contributed by atoms with Crippen molar-refractivity contribution in [3.8, 4) is 0 Å². The molecule has 1 N–H and O–H groups in total. The number of carbonyl (C=O) groups excluding carboxylic acids is 1. The Labute approximate surface area is 136 Å². The second-order valence-corrected chi connectivity index (χ2v) is 5.76. The third-order valence-corrected chi connectivity index (χ3v) is 4.15. The Morgan fingerprint density at radius 3 is 2.61 bits per heavy atom. The Morgan fingerprint density at radius 2 is 1.91 bits per heavy atom. The Bertz CT molecular complexity index is 663. The molecule has 0 saturated carbocycles. The molecule has 5 heteroatoms. The fourth-order valence-electron chi connectivity index (χ4n) is 2.75. The van der Waals surface area contributed by atoms with Crippen LogP contribution in [0, 0.1) is 0 Å². The van der Waals surface area contributed by atoms with E-state index in [0.717, 1.165) is 25.3 Å². The van der Waals surface area contributed by atoms with E-state index in [9.17, 15) is 4.79 Å². The first-order chi connectivity index (χ1) is 11.3. The summed E-state index contributed by atoms with van der Waals surface area (Å²) in [6.07, 6.45) is 5.16. The minimum Gasteiger partial charge on any atom is -0.357 e. The van der Waals surface area contributed by atoms with Gasteiger partial charge in [0, 0.05) is 24.8 Å². The second-order valence-electron chi connectivity index (χ2n) is 5.76. The number of anilines is 1. The average molecular weight is 310 g/mol. The molecular weight excluding hydrogens is 288 g/mol. The van der Waals surface area contributed by atoms with Gasteiger partial charge in [0.2, 0.25) is 0 Å². The molecule has 1 fully saturated rings. The van der Waals surface area contributed by atoms with Crippen LogP contribution in [0.2, 0.25) is 0 Å². The van der Waals surface area contributed by atoms with Crippen LogP contribution in [-0.4, -0.2) is 29.0 Å². The van der Waals surface area contributed by atoms with E-state index in [0.29, 0.717) is 17.9 Å². The lowest BCUT2D eigenvalue weighted by Crippen LogP contribution is -2.25. The average Bonchev–Trinajstić information content (AvgIpc) is 3.15. The van der Waals surface area contributed by atoms with Gasteiger partial charge in [0.05, 0.1) is 6.54 Å². The number of hydrogen-bond donors (Lipinski definition) is 1. The van der Waals surface area contributed by atoms with E-state index in [4.69, 9.17) is 0 Å². The summed E-state index contributed by atoms with van der Waals surface area (Å²) in [7, 11) is 0. The molecule has 1 aromatic carbocycles. The van der Waals surface area contributed by atoms with Crippen molar-refractivity contribution in [1.82, 2.24) is 15.3 Å². The molecule has 0 aliphatic carbocycles. The van der Waals surface area contributed by atoms with Crippen LogP contribution in [0.5, 0.6) is 0 Å². The highest BCUT2D eigenvalue weighted by Gasteiger charge is 2.14. The first-order valence-corrected chi connectivity index (χ1v) is 8.20. The van der Waals surface area contributed by atoms with Crippen molar-refractivity contribution in [1.29, 1.82) is 0 Å². The van der Waals surface area contributed by atoms with E-state index in [1.54, 1.807) is 6.20 Å². The summed E-state index contributed by atoms with van der Waals surface area (Å²) in [5.74, 6) is 1.50. The highest BCUT2D eigenvalue weighted by atomic mass is 16.1. The summed E-state index contributed by atoms with van der Waals surface area (Å²) >= 11 is 0. The van der Waals surface area contributed by atoms with E-state index >= 15 is 0 Å². The van der Waals surface area contributed by atoms with Crippen LogP contribution in [0.25, 0.3) is 0 Å². The molecule has 120 valence electrons. The maximum atomic E-state index is 12.2. The van der Waals surface area contributed by atoms with E-state index in [-0.39, 0.29) is 5.91 Å². The van der Waals surface area contributed by atoms with E-state index in [1.165, 1.54) is 18.4 Å². The maximum Gasteiger partial charge on any atom is 0.251 e. The number of amides is 1. The number of nitrogens with one attached hydrogen (secondary N) is 1. The first kappa shape index (κ1) is 15.5. The van der Waals surface area contributed by atoms with Gasteiger partial charge >= 0.3 is 0 Å². The molecule has 0 atom stereocenters. The molecule has 1 aliphatic heterocycles. The van der Waals surface area contributed by atoms with Gasteiger partial charge in [-0.3, -0.25) is 4.79 Å². The third kappa shape index (κ3) is 3.86. The Balaban J connectivity index is 1.60. The van der Waals surface area contributed by atoms with Crippen molar-refractivity contribution in [2.24, 2.45) is 0 Å².